The van der Waals surface area contributed by atoms with Gasteiger partial charge in [-0.15, -0.1) is 0 Å². The highest BCUT2D eigenvalue weighted by Gasteiger charge is 2.48. The van der Waals surface area contributed by atoms with Gasteiger partial charge in [0.15, 0.2) is 6.10 Å². The summed E-state index contributed by atoms with van der Waals surface area (Å²) in [4.78, 5) is 25.6. The normalized spacial score (nSPS) is 33.3. The Hall–Kier alpha value is -1.14. The summed E-state index contributed by atoms with van der Waals surface area (Å²) in [5, 5.41) is 9.00. The summed E-state index contributed by atoms with van der Waals surface area (Å²) in [7, 11) is 0. The highest BCUT2D eigenvalue weighted by atomic mass is 16.5. The fourth-order valence-corrected chi connectivity index (χ4v) is 4.15. The fraction of sp³-hybridized carbons (Fsp3) is 0.875. The van der Waals surface area contributed by atoms with Crippen LogP contribution in [0.5, 0.6) is 0 Å². The maximum absolute atomic E-state index is 12.7. The van der Waals surface area contributed by atoms with Crippen molar-refractivity contribution in [2.45, 2.75) is 75.8 Å². The number of ether oxygens (including phenoxy) is 2. The van der Waals surface area contributed by atoms with Gasteiger partial charge < -0.3 is 19.5 Å². The lowest BCUT2D eigenvalue weighted by Gasteiger charge is -2.49. The molecule has 3 fully saturated rings. The monoisotopic (exact) mass is 311 g/mol. The number of nitrogens with zero attached hydrogens (tertiary/aromatic N) is 1. The highest BCUT2D eigenvalue weighted by molar-refractivity contribution is 5.83. The second kappa shape index (κ2) is 5.49. The van der Waals surface area contributed by atoms with E-state index in [1.54, 1.807) is 0 Å². The number of carbonyl (C=O) groups excluding carboxylic acids is 1. The van der Waals surface area contributed by atoms with Crippen molar-refractivity contribution in [3.05, 3.63) is 0 Å². The molecule has 0 radical (unpaired) electrons. The number of carboxylic acids is 1. The molecule has 6 heteroatoms. The van der Waals surface area contributed by atoms with E-state index < -0.39 is 18.2 Å². The Labute approximate surface area is 130 Å². The second-order valence-corrected chi connectivity index (χ2v) is 7.48. The van der Waals surface area contributed by atoms with Crippen molar-refractivity contribution in [1.82, 2.24) is 4.90 Å². The predicted octanol–water partition coefficient (Wildman–Crippen LogP) is 1.57. The molecule has 2 atom stereocenters. The lowest BCUT2D eigenvalue weighted by Crippen LogP contribution is -2.61. The summed E-state index contributed by atoms with van der Waals surface area (Å²) >= 11 is 0. The molecular formula is C16H25NO5. The number of carboxylic acid groups (broad SMARTS) is 1. The minimum Gasteiger partial charge on any atom is -0.479 e. The van der Waals surface area contributed by atoms with Crippen molar-refractivity contribution in [2.75, 3.05) is 13.1 Å². The number of amides is 1. The molecule has 0 bridgehead atoms. The quantitative estimate of drug-likeness (QED) is 0.837. The molecule has 1 spiro atoms. The van der Waals surface area contributed by atoms with Crippen LogP contribution in [0.1, 0.15) is 52.4 Å². The van der Waals surface area contributed by atoms with E-state index in [1.807, 2.05) is 18.7 Å². The molecular weight excluding hydrogens is 286 g/mol. The molecule has 0 aromatic rings. The molecule has 1 amide bonds. The van der Waals surface area contributed by atoms with E-state index in [1.165, 1.54) is 0 Å². The largest absolute Gasteiger partial charge is 0.479 e. The van der Waals surface area contributed by atoms with Gasteiger partial charge in [0.1, 0.15) is 6.10 Å². The Morgan fingerprint density at radius 3 is 2.32 bits per heavy atom. The molecule has 2 saturated heterocycles. The van der Waals surface area contributed by atoms with E-state index in [0.717, 1.165) is 25.7 Å². The molecule has 22 heavy (non-hydrogen) atoms. The van der Waals surface area contributed by atoms with Crippen LogP contribution < -0.4 is 0 Å². The van der Waals surface area contributed by atoms with Crippen LogP contribution >= 0.6 is 0 Å². The molecule has 2 heterocycles. The molecule has 2 aliphatic heterocycles. The molecule has 1 N–H and O–H groups in total. The van der Waals surface area contributed by atoms with Crippen LogP contribution in [0.15, 0.2) is 0 Å². The lowest BCUT2D eigenvalue weighted by atomic mass is 9.93. The zero-order valence-corrected chi connectivity index (χ0v) is 13.3. The summed E-state index contributed by atoms with van der Waals surface area (Å²) in [6, 6.07) is 0. The minimum absolute atomic E-state index is 0.0774. The van der Waals surface area contributed by atoms with Gasteiger partial charge in [0.05, 0.1) is 11.2 Å². The first kappa shape index (κ1) is 15.7. The average molecular weight is 311 g/mol. The van der Waals surface area contributed by atoms with E-state index in [9.17, 15) is 9.59 Å². The standard InChI is InChI=1S/C16H25NO5/c1-15(2)9-17(10-16(22-15)7-3-4-8-16)13(18)11-5-6-12(21-11)14(19)20/h11-12H,3-10H2,1-2H3,(H,19,20)/t11-,12+/m0/s1. The molecule has 6 nitrogen and oxygen atoms in total. The van der Waals surface area contributed by atoms with Crippen LogP contribution in [-0.2, 0) is 19.1 Å². The van der Waals surface area contributed by atoms with E-state index in [0.29, 0.717) is 25.9 Å². The van der Waals surface area contributed by atoms with Crippen LogP contribution in [0.3, 0.4) is 0 Å². The van der Waals surface area contributed by atoms with Crippen LogP contribution in [0.25, 0.3) is 0 Å². The Kier molecular flexibility index (Phi) is 3.93. The average Bonchev–Trinajstić information content (AvgIpc) is 3.05. The van der Waals surface area contributed by atoms with E-state index >= 15 is 0 Å². The molecule has 124 valence electrons. The maximum atomic E-state index is 12.7. The topological polar surface area (TPSA) is 76.1 Å². The summed E-state index contributed by atoms with van der Waals surface area (Å²) < 4.78 is 11.7. The van der Waals surface area contributed by atoms with Gasteiger partial charge in [-0.2, -0.15) is 0 Å². The molecule has 3 aliphatic rings. The van der Waals surface area contributed by atoms with Crippen molar-refractivity contribution in [2.24, 2.45) is 0 Å². The lowest BCUT2D eigenvalue weighted by molar-refractivity contribution is -0.202. The van der Waals surface area contributed by atoms with Crippen LogP contribution in [0.4, 0.5) is 0 Å². The summed E-state index contributed by atoms with van der Waals surface area (Å²) in [6.07, 6.45) is 3.69. The van der Waals surface area contributed by atoms with Gasteiger partial charge in [-0.1, -0.05) is 12.8 Å². The highest BCUT2D eigenvalue weighted by Crippen LogP contribution is 2.41. The van der Waals surface area contributed by atoms with E-state index in [-0.39, 0.29) is 17.1 Å². The zero-order chi connectivity index (χ0) is 16.0. The minimum atomic E-state index is -0.982. The summed E-state index contributed by atoms with van der Waals surface area (Å²) in [5.41, 5.74) is -0.592. The Morgan fingerprint density at radius 1 is 1.09 bits per heavy atom. The van der Waals surface area contributed by atoms with Gasteiger partial charge in [-0.25, -0.2) is 4.79 Å². The zero-order valence-electron chi connectivity index (χ0n) is 13.3. The predicted molar refractivity (Wildman–Crippen MR) is 78.5 cm³/mol. The third-order valence-corrected chi connectivity index (χ3v) is 4.94. The van der Waals surface area contributed by atoms with E-state index in [2.05, 4.69) is 0 Å². The number of rotatable bonds is 2. The first-order chi connectivity index (χ1) is 10.3. The molecule has 0 unspecified atom stereocenters. The molecule has 0 aromatic carbocycles. The van der Waals surface area contributed by atoms with Gasteiger partial charge in [0.25, 0.3) is 5.91 Å². The Morgan fingerprint density at radius 2 is 1.73 bits per heavy atom. The Balaban J connectivity index is 1.70. The van der Waals surface area contributed by atoms with Crippen molar-refractivity contribution in [3.63, 3.8) is 0 Å². The third kappa shape index (κ3) is 2.99. The first-order valence-corrected chi connectivity index (χ1v) is 8.18. The second-order valence-electron chi connectivity index (χ2n) is 7.48. The number of morpholine rings is 1. The summed E-state index contributed by atoms with van der Waals surface area (Å²) in [6.45, 7) is 5.17. The SMILES string of the molecule is CC1(C)CN(C(=O)[C@@H]2CC[C@H](C(=O)O)O2)CC2(CCCC2)O1. The van der Waals surface area contributed by atoms with Crippen molar-refractivity contribution < 1.29 is 24.2 Å². The van der Waals surface area contributed by atoms with Gasteiger partial charge in [0, 0.05) is 13.1 Å². The van der Waals surface area contributed by atoms with Crippen molar-refractivity contribution in [3.8, 4) is 0 Å². The molecule has 3 rings (SSSR count). The van der Waals surface area contributed by atoms with Crippen LogP contribution in [0, 0.1) is 0 Å². The van der Waals surface area contributed by atoms with E-state index in [4.69, 9.17) is 14.6 Å². The smallest absolute Gasteiger partial charge is 0.332 e. The van der Waals surface area contributed by atoms with Crippen molar-refractivity contribution >= 4 is 11.9 Å². The van der Waals surface area contributed by atoms with Crippen LogP contribution in [0.2, 0.25) is 0 Å². The number of carbonyl (C=O) groups is 2. The van der Waals surface area contributed by atoms with Gasteiger partial charge in [0.2, 0.25) is 0 Å². The maximum Gasteiger partial charge on any atom is 0.332 e. The Bertz CT molecular complexity index is 469. The number of hydrogen-bond donors (Lipinski definition) is 1. The number of aliphatic carboxylic acids is 1. The fourth-order valence-electron chi connectivity index (χ4n) is 4.15. The van der Waals surface area contributed by atoms with Gasteiger partial charge >= 0.3 is 5.97 Å². The molecule has 1 saturated carbocycles. The van der Waals surface area contributed by atoms with Gasteiger partial charge in [-0.05, 0) is 39.5 Å². The first-order valence-electron chi connectivity index (χ1n) is 8.18. The molecule has 0 aromatic heterocycles. The van der Waals surface area contributed by atoms with Crippen LogP contribution in [-0.4, -0.2) is 58.4 Å². The van der Waals surface area contributed by atoms with Crippen molar-refractivity contribution in [1.29, 1.82) is 0 Å². The number of hydrogen-bond acceptors (Lipinski definition) is 4. The summed E-state index contributed by atoms with van der Waals surface area (Å²) in [5.74, 6) is -1.06. The molecule has 1 aliphatic carbocycles. The third-order valence-electron chi connectivity index (χ3n) is 4.94. The van der Waals surface area contributed by atoms with Gasteiger partial charge in [-0.3, -0.25) is 4.79 Å².